The molecule has 0 aromatic rings. The summed E-state index contributed by atoms with van der Waals surface area (Å²) >= 11 is 0. The fourth-order valence-corrected chi connectivity index (χ4v) is 4.11. The fourth-order valence-electron chi connectivity index (χ4n) is 4.11. The second kappa shape index (κ2) is 7.24. The molecule has 1 heterocycles. The van der Waals surface area contributed by atoms with E-state index in [0.29, 0.717) is 12.1 Å². The molecule has 118 valence electrons. The minimum atomic E-state index is 0.701. The number of hydrogen-bond acceptors (Lipinski definition) is 3. The Kier molecular flexibility index (Phi) is 5.88. The van der Waals surface area contributed by atoms with Crippen molar-refractivity contribution in [3.63, 3.8) is 0 Å². The van der Waals surface area contributed by atoms with Crippen LogP contribution in [0.1, 0.15) is 47.0 Å². The largest absolute Gasteiger partial charge is 0.315 e. The molecule has 0 aromatic carbocycles. The molecule has 20 heavy (non-hydrogen) atoms. The second-order valence-corrected chi connectivity index (χ2v) is 7.45. The van der Waals surface area contributed by atoms with E-state index in [9.17, 15) is 0 Å². The average molecular weight is 281 g/mol. The van der Waals surface area contributed by atoms with Crippen molar-refractivity contribution >= 4 is 0 Å². The van der Waals surface area contributed by atoms with Crippen LogP contribution in [0.25, 0.3) is 0 Å². The normalized spacial score (nSPS) is 34.0. The quantitative estimate of drug-likeness (QED) is 0.854. The summed E-state index contributed by atoms with van der Waals surface area (Å²) in [5, 5.41) is 3.59. The van der Waals surface area contributed by atoms with Gasteiger partial charge in [0.15, 0.2) is 0 Å². The van der Waals surface area contributed by atoms with Crippen molar-refractivity contribution in [3.8, 4) is 0 Å². The Balaban J connectivity index is 1.94. The molecule has 1 saturated heterocycles. The lowest BCUT2D eigenvalue weighted by molar-refractivity contribution is 0.0333. The van der Waals surface area contributed by atoms with E-state index in [0.717, 1.165) is 17.9 Å². The Morgan fingerprint density at radius 3 is 2.10 bits per heavy atom. The van der Waals surface area contributed by atoms with E-state index in [1.54, 1.807) is 0 Å². The number of rotatable bonds is 4. The van der Waals surface area contributed by atoms with Gasteiger partial charge in [-0.3, -0.25) is 9.80 Å². The highest BCUT2D eigenvalue weighted by molar-refractivity contribution is 4.93. The predicted molar refractivity (Wildman–Crippen MR) is 87.1 cm³/mol. The zero-order valence-electron chi connectivity index (χ0n) is 14.2. The average Bonchev–Trinajstić information content (AvgIpc) is 2.46. The summed E-state index contributed by atoms with van der Waals surface area (Å²) in [4.78, 5) is 5.39. The lowest BCUT2D eigenvalue weighted by Gasteiger charge is -2.47. The van der Waals surface area contributed by atoms with Crippen LogP contribution < -0.4 is 5.32 Å². The van der Waals surface area contributed by atoms with Crippen LogP contribution in [0.5, 0.6) is 0 Å². The highest BCUT2D eigenvalue weighted by atomic mass is 15.3. The van der Waals surface area contributed by atoms with Gasteiger partial charge in [0.25, 0.3) is 0 Å². The van der Waals surface area contributed by atoms with Gasteiger partial charge < -0.3 is 5.32 Å². The van der Waals surface area contributed by atoms with Gasteiger partial charge in [0.05, 0.1) is 0 Å². The standard InChI is InChI=1S/C17H35N3/c1-13(2)15-6-7-16(18-5)17(12-15)20-10-8-19(9-11-20)14(3)4/h13-18H,6-12H2,1-5H3. The van der Waals surface area contributed by atoms with Gasteiger partial charge in [0.1, 0.15) is 0 Å². The SMILES string of the molecule is CNC1CCC(C(C)C)CC1N1CCN(C(C)C)CC1. The first kappa shape index (κ1) is 16.3. The van der Waals surface area contributed by atoms with Crippen LogP contribution in [0.2, 0.25) is 0 Å². The number of nitrogens with one attached hydrogen (secondary N) is 1. The third kappa shape index (κ3) is 3.75. The maximum absolute atomic E-state index is 3.59. The van der Waals surface area contributed by atoms with Gasteiger partial charge in [-0.15, -0.1) is 0 Å². The smallest absolute Gasteiger partial charge is 0.0253 e. The molecule has 0 spiro atoms. The Labute approximate surface area is 126 Å². The van der Waals surface area contributed by atoms with Crippen LogP contribution in [0, 0.1) is 11.8 Å². The highest BCUT2D eigenvalue weighted by Gasteiger charge is 2.35. The van der Waals surface area contributed by atoms with Crippen molar-refractivity contribution in [2.45, 2.75) is 65.1 Å². The molecular formula is C17H35N3. The van der Waals surface area contributed by atoms with Gasteiger partial charge in [-0.1, -0.05) is 13.8 Å². The van der Waals surface area contributed by atoms with E-state index in [2.05, 4.69) is 49.9 Å². The third-order valence-electron chi connectivity index (χ3n) is 5.72. The monoisotopic (exact) mass is 281 g/mol. The summed E-state index contributed by atoms with van der Waals surface area (Å²) < 4.78 is 0. The van der Waals surface area contributed by atoms with Gasteiger partial charge in [0.2, 0.25) is 0 Å². The summed E-state index contributed by atoms with van der Waals surface area (Å²) in [5.41, 5.74) is 0. The topological polar surface area (TPSA) is 18.5 Å². The second-order valence-electron chi connectivity index (χ2n) is 7.45. The van der Waals surface area contributed by atoms with Crippen LogP contribution in [0.4, 0.5) is 0 Å². The summed E-state index contributed by atoms with van der Waals surface area (Å²) in [6.07, 6.45) is 4.16. The molecule has 3 unspecified atom stereocenters. The van der Waals surface area contributed by atoms with Crippen molar-refractivity contribution in [3.05, 3.63) is 0 Å². The molecule has 1 N–H and O–H groups in total. The molecule has 3 atom stereocenters. The Bertz CT molecular complexity index is 282. The van der Waals surface area contributed by atoms with E-state index < -0.39 is 0 Å². The third-order valence-corrected chi connectivity index (χ3v) is 5.72. The van der Waals surface area contributed by atoms with E-state index in [1.165, 1.54) is 45.4 Å². The molecule has 1 saturated carbocycles. The first-order valence-electron chi connectivity index (χ1n) is 8.68. The minimum absolute atomic E-state index is 0.701. The molecule has 3 nitrogen and oxygen atoms in total. The van der Waals surface area contributed by atoms with Crippen molar-refractivity contribution < 1.29 is 0 Å². The van der Waals surface area contributed by atoms with Crippen molar-refractivity contribution in [2.75, 3.05) is 33.2 Å². The highest BCUT2D eigenvalue weighted by Crippen LogP contribution is 2.33. The molecule has 0 amide bonds. The Hall–Kier alpha value is -0.120. The maximum atomic E-state index is 3.59. The van der Waals surface area contributed by atoms with Gasteiger partial charge >= 0.3 is 0 Å². The molecule has 1 aliphatic carbocycles. The minimum Gasteiger partial charge on any atom is -0.315 e. The fraction of sp³-hybridized carbons (Fsp3) is 1.00. The Morgan fingerprint density at radius 2 is 1.60 bits per heavy atom. The van der Waals surface area contributed by atoms with Crippen LogP contribution in [-0.2, 0) is 0 Å². The van der Waals surface area contributed by atoms with Gasteiger partial charge in [-0.2, -0.15) is 0 Å². The van der Waals surface area contributed by atoms with Crippen LogP contribution in [-0.4, -0.2) is 61.2 Å². The summed E-state index contributed by atoms with van der Waals surface area (Å²) in [7, 11) is 2.15. The van der Waals surface area contributed by atoms with E-state index in [-0.39, 0.29) is 0 Å². The van der Waals surface area contributed by atoms with Crippen molar-refractivity contribution in [1.82, 2.24) is 15.1 Å². The van der Waals surface area contributed by atoms with Crippen molar-refractivity contribution in [2.24, 2.45) is 11.8 Å². The number of piperazine rings is 1. The number of nitrogens with zero attached hydrogens (tertiary/aromatic N) is 2. The van der Waals surface area contributed by atoms with Crippen molar-refractivity contribution in [1.29, 1.82) is 0 Å². The van der Waals surface area contributed by atoms with E-state index in [4.69, 9.17) is 0 Å². The molecule has 2 rings (SSSR count). The first-order valence-corrected chi connectivity index (χ1v) is 8.68. The summed E-state index contributed by atoms with van der Waals surface area (Å²) in [5.74, 6) is 1.76. The van der Waals surface area contributed by atoms with Gasteiger partial charge in [0, 0.05) is 44.3 Å². The maximum Gasteiger partial charge on any atom is 0.0253 e. The molecule has 2 aliphatic rings. The van der Waals surface area contributed by atoms with Crippen LogP contribution in [0.15, 0.2) is 0 Å². The summed E-state index contributed by atoms with van der Waals surface area (Å²) in [6.45, 7) is 14.4. The number of likely N-dealkylation sites (N-methyl/N-ethyl adjacent to an activating group) is 1. The lowest BCUT2D eigenvalue weighted by atomic mass is 9.76. The van der Waals surface area contributed by atoms with E-state index >= 15 is 0 Å². The van der Waals surface area contributed by atoms with Gasteiger partial charge in [-0.05, 0) is 52.0 Å². The zero-order valence-corrected chi connectivity index (χ0v) is 14.2. The van der Waals surface area contributed by atoms with Crippen LogP contribution in [0.3, 0.4) is 0 Å². The lowest BCUT2D eigenvalue weighted by Crippen LogP contribution is -2.59. The summed E-state index contributed by atoms with van der Waals surface area (Å²) in [6, 6.07) is 2.16. The van der Waals surface area contributed by atoms with Crippen LogP contribution >= 0.6 is 0 Å². The molecule has 3 heteroatoms. The molecule has 0 bridgehead atoms. The Morgan fingerprint density at radius 1 is 0.950 bits per heavy atom. The first-order chi connectivity index (χ1) is 9.52. The zero-order chi connectivity index (χ0) is 14.7. The molecule has 0 aromatic heterocycles. The van der Waals surface area contributed by atoms with Gasteiger partial charge in [-0.25, -0.2) is 0 Å². The molecular weight excluding hydrogens is 246 g/mol. The molecule has 1 aliphatic heterocycles. The molecule has 2 fully saturated rings. The predicted octanol–water partition coefficient (Wildman–Crippen LogP) is 2.43. The number of hydrogen-bond donors (Lipinski definition) is 1. The molecule has 0 radical (unpaired) electrons. The van der Waals surface area contributed by atoms with E-state index in [1.807, 2.05) is 0 Å².